The molecule has 166 valence electrons. The summed E-state index contributed by atoms with van der Waals surface area (Å²) < 4.78 is 0. The fourth-order valence-electron chi connectivity index (χ4n) is 5.74. The zero-order valence-electron chi connectivity index (χ0n) is 18.2. The van der Waals surface area contributed by atoms with Crippen LogP contribution < -0.4 is 16.0 Å². The first-order valence-corrected chi connectivity index (χ1v) is 11.6. The molecule has 2 bridgehead atoms. The van der Waals surface area contributed by atoms with Gasteiger partial charge in [0.15, 0.2) is 0 Å². The summed E-state index contributed by atoms with van der Waals surface area (Å²) in [5.74, 6) is 0.786. The number of nitrogens with two attached hydrogens (primary N) is 1. The number of fused-ring (bicyclic) bond motifs is 4. The molecule has 2 atom stereocenters. The summed E-state index contributed by atoms with van der Waals surface area (Å²) in [5.41, 5.74) is 11.4. The van der Waals surface area contributed by atoms with Crippen molar-refractivity contribution in [1.29, 1.82) is 0 Å². The Labute approximate surface area is 191 Å². The molecule has 1 aliphatic carbocycles. The first kappa shape index (κ1) is 19.0. The molecular formula is C25H25N7O. The Balaban J connectivity index is 1.21. The average Bonchev–Trinajstić information content (AvgIpc) is 3.16. The van der Waals surface area contributed by atoms with Crippen molar-refractivity contribution in [2.75, 3.05) is 30.3 Å². The van der Waals surface area contributed by atoms with Gasteiger partial charge in [0, 0.05) is 78.2 Å². The standard InChI is InChI=1S/C25H25N7O/c26-17-3-6-27-21(8-17)16-10-29-24(30-11-16)32-14-25(4-5-25)20-2-1-15(7-22(20)32)23(33)31-13-18-9-19(31)12-28-18/h1-3,6-8,10-11,18-19,28H,4-5,9,12-14H2,(H2,26,27)/t18-,19-/m0/s1. The number of carbonyl (C=O) groups is 1. The number of likely N-dealkylation sites (tertiary alicyclic amines) is 1. The number of hydrogen-bond acceptors (Lipinski definition) is 7. The lowest BCUT2D eigenvalue weighted by Crippen LogP contribution is -2.46. The van der Waals surface area contributed by atoms with Crippen LogP contribution in [0.3, 0.4) is 0 Å². The van der Waals surface area contributed by atoms with Crippen molar-refractivity contribution in [3.8, 4) is 11.3 Å². The van der Waals surface area contributed by atoms with E-state index >= 15 is 0 Å². The van der Waals surface area contributed by atoms with E-state index in [1.165, 1.54) is 5.56 Å². The summed E-state index contributed by atoms with van der Waals surface area (Å²) in [6.07, 6.45) is 8.67. The fraction of sp³-hybridized carbons (Fsp3) is 0.360. The van der Waals surface area contributed by atoms with E-state index in [1.807, 2.05) is 17.0 Å². The monoisotopic (exact) mass is 439 g/mol. The van der Waals surface area contributed by atoms with E-state index in [0.29, 0.717) is 23.7 Å². The molecule has 3 N–H and O–H groups in total. The number of hydrogen-bond donors (Lipinski definition) is 2. The van der Waals surface area contributed by atoms with Crippen molar-refractivity contribution in [3.05, 3.63) is 60.0 Å². The fourth-order valence-corrected chi connectivity index (χ4v) is 5.74. The predicted molar refractivity (Wildman–Crippen MR) is 125 cm³/mol. The van der Waals surface area contributed by atoms with E-state index in [-0.39, 0.29) is 11.3 Å². The molecule has 7 rings (SSSR count). The smallest absolute Gasteiger partial charge is 0.254 e. The Hall–Kier alpha value is -3.52. The molecule has 0 radical (unpaired) electrons. The molecule has 3 fully saturated rings. The zero-order valence-corrected chi connectivity index (χ0v) is 18.2. The third-order valence-electron chi connectivity index (χ3n) is 7.70. The predicted octanol–water partition coefficient (Wildman–Crippen LogP) is 2.49. The van der Waals surface area contributed by atoms with Crippen molar-refractivity contribution in [1.82, 2.24) is 25.2 Å². The number of rotatable bonds is 3. The minimum absolute atomic E-state index is 0.132. The number of benzene rings is 1. The van der Waals surface area contributed by atoms with Crippen LogP contribution in [-0.2, 0) is 5.41 Å². The SMILES string of the molecule is Nc1ccnc(-c2cnc(N3CC4(CC4)c4ccc(C(=O)N5C[C@@H]6C[C@H]5CN6)cc43)nc2)c1. The maximum absolute atomic E-state index is 13.3. The van der Waals surface area contributed by atoms with Gasteiger partial charge in [-0.05, 0) is 49.1 Å². The Morgan fingerprint density at radius 1 is 1.12 bits per heavy atom. The number of amides is 1. The number of nitrogen functional groups attached to an aromatic ring is 1. The highest BCUT2D eigenvalue weighted by Gasteiger charge is 2.52. The van der Waals surface area contributed by atoms with E-state index in [4.69, 9.17) is 5.73 Å². The van der Waals surface area contributed by atoms with Gasteiger partial charge in [-0.1, -0.05) is 6.07 Å². The van der Waals surface area contributed by atoms with Gasteiger partial charge in [0.05, 0.1) is 5.69 Å². The van der Waals surface area contributed by atoms with E-state index < -0.39 is 0 Å². The normalized spacial score (nSPS) is 23.9. The third kappa shape index (κ3) is 2.94. The second-order valence-corrected chi connectivity index (χ2v) is 9.80. The molecule has 8 nitrogen and oxygen atoms in total. The Kier molecular flexibility index (Phi) is 3.88. The van der Waals surface area contributed by atoms with Crippen molar-refractivity contribution in [3.63, 3.8) is 0 Å². The maximum atomic E-state index is 13.3. The molecule has 8 heteroatoms. The van der Waals surface area contributed by atoms with Crippen LogP contribution in [0.25, 0.3) is 11.3 Å². The van der Waals surface area contributed by atoms with Gasteiger partial charge in [0.1, 0.15) is 0 Å². The van der Waals surface area contributed by atoms with Crippen LogP contribution in [0, 0.1) is 0 Å². The highest BCUT2D eigenvalue weighted by Crippen LogP contribution is 2.57. The average molecular weight is 440 g/mol. The topological polar surface area (TPSA) is 100 Å². The third-order valence-corrected chi connectivity index (χ3v) is 7.70. The van der Waals surface area contributed by atoms with Crippen LogP contribution in [-0.4, -0.2) is 57.5 Å². The summed E-state index contributed by atoms with van der Waals surface area (Å²) in [7, 11) is 0. The molecule has 5 heterocycles. The Morgan fingerprint density at radius 2 is 1.97 bits per heavy atom. The number of piperazine rings is 1. The van der Waals surface area contributed by atoms with E-state index in [0.717, 1.165) is 61.4 Å². The van der Waals surface area contributed by atoms with Crippen molar-refractivity contribution in [2.45, 2.75) is 36.8 Å². The molecule has 1 amide bonds. The van der Waals surface area contributed by atoms with Crippen LogP contribution in [0.1, 0.15) is 35.2 Å². The van der Waals surface area contributed by atoms with Crippen LogP contribution in [0.15, 0.2) is 48.9 Å². The molecule has 4 aliphatic rings. The van der Waals surface area contributed by atoms with Crippen LogP contribution in [0.4, 0.5) is 17.3 Å². The molecule has 3 aliphatic heterocycles. The Morgan fingerprint density at radius 3 is 2.67 bits per heavy atom. The van der Waals surface area contributed by atoms with E-state index in [2.05, 4.69) is 37.3 Å². The largest absolute Gasteiger partial charge is 0.399 e. The minimum Gasteiger partial charge on any atom is -0.399 e. The molecular weight excluding hydrogens is 414 g/mol. The number of anilines is 3. The molecule has 2 aromatic heterocycles. The first-order chi connectivity index (χ1) is 16.1. The second kappa shape index (κ2) is 6.74. The summed E-state index contributed by atoms with van der Waals surface area (Å²) in [5, 5.41) is 3.47. The summed E-state index contributed by atoms with van der Waals surface area (Å²) in [6.45, 7) is 2.56. The molecule has 0 unspecified atom stereocenters. The lowest BCUT2D eigenvalue weighted by molar-refractivity contribution is 0.0716. The molecule has 3 aromatic rings. The first-order valence-electron chi connectivity index (χ1n) is 11.6. The number of carbonyl (C=O) groups excluding carboxylic acids is 1. The number of aromatic nitrogens is 3. The van der Waals surface area contributed by atoms with Crippen LogP contribution in [0.2, 0.25) is 0 Å². The highest BCUT2D eigenvalue weighted by atomic mass is 16.2. The molecule has 33 heavy (non-hydrogen) atoms. The summed E-state index contributed by atoms with van der Waals surface area (Å²) >= 11 is 0. The van der Waals surface area contributed by atoms with Gasteiger partial charge in [0.2, 0.25) is 5.95 Å². The van der Waals surface area contributed by atoms with Gasteiger partial charge >= 0.3 is 0 Å². The summed E-state index contributed by atoms with van der Waals surface area (Å²) in [4.78, 5) is 31.2. The van der Waals surface area contributed by atoms with Gasteiger partial charge in [-0.2, -0.15) is 0 Å². The minimum atomic E-state index is 0.132. The second-order valence-electron chi connectivity index (χ2n) is 9.80. The zero-order chi connectivity index (χ0) is 22.2. The van der Waals surface area contributed by atoms with Gasteiger partial charge in [-0.25, -0.2) is 9.97 Å². The van der Waals surface area contributed by atoms with Gasteiger partial charge < -0.3 is 20.9 Å². The van der Waals surface area contributed by atoms with E-state index in [9.17, 15) is 4.79 Å². The number of nitrogens with one attached hydrogen (secondary N) is 1. The lowest BCUT2D eigenvalue weighted by Gasteiger charge is -2.28. The molecule has 1 spiro atoms. The number of pyridine rings is 1. The van der Waals surface area contributed by atoms with Gasteiger partial charge in [-0.3, -0.25) is 9.78 Å². The Bertz CT molecular complexity index is 1270. The van der Waals surface area contributed by atoms with Gasteiger partial charge in [-0.15, -0.1) is 0 Å². The molecule has 1 saturated carbocycles. The van der Waals surface area contributed by atoms with Crippen molar-refractivity contribution in [2.24, 2.45) is 0 Å². The lowest BCUT2D eigenvalue weighted by atomic mass is 9.97. The van der Waals surface area contributed by atoms with Crippen LogP contribution in [0.5, 0.6) is 0 Å². The van der Waals surface area contributed by atoms with Crippen molar-refractivity contribution >= 4 is 23.2 Å². The van der Waals surface area contributed by atoms with Gasteiger partial charge in [0.25, 0.3) is 5.91 Å². The number of nitrogens with zero attached hydrogens (tertiary/aromatic N) is 5. The van der Waals surface area contributed by atoms with E-state index in [1.54, 1.807) is 24.7 Å². The maximum Gasteiger partial charge on any atom is 0.254 e. The molecule has 1 aromatic carbocycles. The highest BCUT2D eigenvalue weighted by molar-refractivity contribution is 5.96. The quantitative estimate of drug-likeness (QED) is 0.647. The molecule has 2 saturated heterocycles. The summed E-state index contributed by atoms with van der Waals surface area (Å²) in [6, 6.07) is 10.6. The van der Waals surface area contributed by atoms with Crippen LogP contribution >= 0.6 is 0 Å². The van der Waals surface area contributed by atoms with Crippen molar-refractivity contribution < 1.29 is 4.79 Å².